The lowest BCUT2D eigenvalue weighted by Gasteiger charge is -2.22. The number of aliphatic hydroxyl groups excluding tert-OH is 1. The molecule has 0 heterocycles. The van der Waals surface area contributed by atoms with E-state index in [1.165, 1.54) is 0 Å². The van der Waals surface area contributed by atoms with Crippen LogP contribution in [-0.2, 0) is 9.53 Å². The van der Waals surface area contributed by atoms with Crippen molar-refractivity contribution in [3.63, 3.8) is 0 Å². The molecule has 0 unspecified atom stereocenters. The lowest BCUT2D eigenvalue weighted by Crippen LogP contribution is -2.17. The van der Waals surface area contributed by atoms with Crippen molar-refractivity contribution >= 4 is 5.78 Å². The topological polar surface area (TPSA) is 46.5 Å². The normalized spacial score (nSPS) is 22.7. The van der Waals surface area contributed by atoms with E-state index in [0.717, 1.165) is 51.6 Å². The fourth-order valence-electron chi connectivity index (χ4n) is 3.37. The molecule has 1 saturated carbocycles. The van der Waals surface area contributed by atoms with Crippen molar-refractivity contribution in [2.45, 2.75) is 58.8 Å². The summed E-state index contributed by atoms with van der Waals surface area (Å²) in [7, 11) is 1.74. The molecule has 0 aliphatic heterocycles. The number of methoxy groups -OCH3 is 1. The van der Waals surface area contributed by atoms with Gasteiger partial charge in [-0.05, 0) is 43.4 Å². The highest BCUT2D eigenvalue weighted by atomic mass is 16.5. The summed E-state index contributed by atoms with van der Waals surface area (Å²) in [4.78, 5) is 12.1. The molecule has 1 rings (SSSR count). The van der Waals surface area contributed by atoms with Gasteiger partial charge >= 0.3 is 0 Å². The summed E-state index contributed by atoms with van der Waals surface area (Å²) < 4.78 is 5.25. The molecular formula is C20H34O3. The third-order valence-corrected chi connectivity index (χ3v) is 4.65. The van der Waals surface area contributed by atoms with Crippen molar-refractivity contribution in [3.8, 4) is 0 Å². The molecule has 0 spiro atoms. The number of Topliss-reactive ketones (excluding diaryl/α,β-unsaturated/α-hetero) is 1. The first-order valence-corrected chi connectivity index (χ1v) is 8.94. The van der Waals surface area contributed by atoms with Crippen LogP contribution in [0.5, 0.6) is 0 Å². The van der Waals surface area contributed by atoms with E-state index in [2.05, 4.69) is 26.0 Å². The highest BCUT2D eigenvalue weighted by Crippen LogP contribution is 2.34. The number of ketones is 1. The maximum atomic E-state index is 12.1. The van der Waals surface area contributed by atoms with Gasteiger partial charge in [-0.15, -0.1) is 0 Å². The second kappa shape index (κ2) is 10.8. The molecule has 3 nitrogen and oxygen atoms in total. The van der Waals surface area contributed by atoms with Crippen molar-refractivity contribution in [2.75, 3.05) is 20.3 Å². The van der Waals surface area contributed by atoms with E-state index >= 15 is 0 Å². The van der Waals surface area contributed by atoms with Gasteiger partial charge in [0.1, 0.15) is 5.78 Å². The van der Waals surface area contributed by atoms with Crippen molar-refractivity contribution < 1.29 is 14.6 Å². The molecule has 1 aliphatic rings. The predicted octanol–water partition coefficient (Wildman–Crippen LogP) is 4.31. The lowest BCUT2D eigenvalue weighted by molar-refractivity contribution is -0.121. The van der Waals surface area contributed by atoms with E-state index in [-0.39, 0.29) is 17.9 Å². The van der Waals surface area contributed by atoms with Gasteiger partial charge in [0.25, 0.3) is 0 Å². The molecule has 132 valence electrons. The average molecular weight is 322 g/mol. The summed E-state index contributed by atoms with van der Waals surface area (Å²) in [5.74, 6) is 1.09. The van der Waals surface area contributed by atoms with Gasteiger partial charge in [0.05, 0.1) is 13.2 Å². The van der Waals surface area contributed by atoms with E-state index < -0.39 is 0 Å². The highest BCUT2D eigenvalue weighted by molar-refractivity contribution is 5.83. The molecular weight excluding hydrogens is 288 g/mol. The number of aliphatic hydroxyl groups is 1. The van der Waals surface area contributed by atoms with Gasteiger partial charge in [0, 0.05) is 19.4 Å². The molecule has 0 aromatic heterocycles. The van der Waals surface area contributed by atoms with Crippen LogP contribution >= 0.6 is 0 Å². The molecule has 0 aromatic rings. The second-order valence-electron chi connectivity index (χ2n) is 7.44. The molecule has 0 aromatic carbocycles. The summed E-state index contributed by atoms with van der Waals surface area (Å²) in [6, 6.07) is 0. The number of ether oxygens (including phenoxy) is 1. The minimum Gasteiger partial charge on any atom is -0.392 e. The Hall–Kier alpha value is -0.930. The highest BCUT2D eigenvalue weighted by Gasteiger charge is 2.32. The zero-order valence-electron chi connectivity index (χ0n) is 15.1. The van der Waals surface area contributed by atoms with E-state index in [0.29, 0.717) is 11.7 Å². The number of unbranched alkanes of at least 4 members (excludes halogenated alkanes) is 2. The number of hydrogen-bond donors (Lipinski definition) is 1. The maximum Gasteiger partial charge on any atom is 0.136 e. The van der Waals surface area contributed by atoms with Crippen LogP contribution in [0.15, 0.2) is 24.3 Å². The molecule has 2 atom stereocenters. The Morgan fingerprint density at radius 2 is 2.04 bits per heavy atom. The minimum atomic E-state index is 0.118. The van der Waals surface area contributed by atoms with Crippen LogP contribution in [0.3, 0.4) is 0 Å². The van der Waals surface area contributed by atoms with Crippen LogP contribution in [0.2, 0.25) is 0 Å². The second-order valence-corrected chi connectivity index (χ2v) is 7.44. The molecule has 3 heteroatoms. The van der Waals surface area contributed by atoms with E-state index in [4.69, 9.17) is 9.84 Å². The average Bonchev–Trinajstić information content (AvgIpc) is 2.83. The Labute approximate surface area is 141 Å². The third kappa shape index (κ3) is 7.94. The number of rotatable bonds is 11. The number of hydrogen-bond acceptors (Lipinski definition) is 3. The lowest BCUT2D eigenvalue weighted by atomic mass is 9.87. The first kappa shape index (κ1) is 20.1. The molecule has 0 bridgehead atoms. The van der Waals surface area contributed by atoms with Gasteiger partial charge < -0.3 is 9.84 Å². The summed E-state index contributed by atoms with van der Waals surface area (Å²) in [5.41, 5.74) is 0.155. The van der Waals surface area contributed by atoms with Crippen molar-refractivity contribution in [1.82, 2.24) is 0 Å². The largest absolute Gasteiger partial charge is 0.392 e. The van der Waals surface area contributed by atoms with E-state index in [1.54, 1.807) is 13.2 Å². The summed E-state index contributed by atoms with van der Waals surface area (Å²) in [6.45, 7) is 5.29. The molecule has 23 heavy (non-hydrogen) atoms. The fourth-order valence-corrected chi connectivity index (χ4v) is 3.37. The Balaban J connectivity index is 2.38. The molecule has 1 fully saturated rings. The molecule has 1 N–H and O–H groups in total. The third-order valence-electron chi connectivity index (χ3n) is 4.65. The van der Waals surface area contributed by atoms with Crippen molar-refractivity contribution in [3.05, 3.63) is 24.3 Å². The van der Waals surface area contributed by atoms with Crippen LogP contribution in [0, 0.1) is 17.3 Å². The quantitative estimate of drug-likeness (QED) is 0.455. The van der Waals surface area contributed by atoms with Gasteiger partial charge in [-0.3, -0.25) is 4.79 Å². The van der Waals surface area contributed by atoms with Crippen LogP contribution in [0.1, 0.15) is 58.8 Å². The number of allylic oxidation sites excluding steroid dienone is 3. The van der Waals surface area contributed by atoms with Crippen LogP contribution in [0.4, 0.5) is 0 Å². The minimum absolute atomic E-state index is 0.118. The summed E-state index contributed by atoms with van der Waals surface area (Å²) in [6.07, 6.45) is 15.3. The smallest absolute Gasteiger partial charge is 0.136 e. The van der Waals surface area contributed by atoms with Crippen LogP contribution in [-0.4, -0.2) is 31.2 Å². The van der Waals surface area contributed by atoms with Crippen LogP contribution in [0.25, 0.3) is 0 Å². The first-order chi connectivity index (χ1) is 11.0. The molecule has 0 saturated heterocycles. The Morgan fingerprint density at radius 3 is 2.74 bits per heavy atom. The zero-order chi connectivity index (χ0) is 17.1. The standard InChI is InChI=1S/C20H34O3/c1-20(2,16-23-3)14-9-10-17-12-13-19(22)18(17)11-7-5-4-6-8-15-21/h6,8-10,17-18,21H,4-5,7,11-16H2,1-3H3/t17-,18+/m0/s1. The Morgan fingerprint density at radius 1 is 1.26 bits per heavy atom. The van der Waals surface area contributed by atoms with E-state index in [1.807, 2.05) is 6.08 Å². The molecule has 0 amide bonds. The summed E-state index contributed by atoms with van der Waals surface area (Å²) >= 11 is 0. The van der Waals surface area contributed by atoms with Gasteiger partial charge in [-0.25, -0.2) is 0 Å². The number of carbonyl (C=O) groups is 1. The van der Waals surface area contributed by atoms with Crippen molar-refractivity contribution in [2.24, 2.45) is 17.3 Å². The fraction of sp³-hybridized carbons (Fsp3) is 0.750. The Bertz CT molecular complexity index is 396. The van der Waals surface area contributed by atoms with Gasteiger partial charge in [-0.1, -0.05) is 44.6 Å². The van der Waals surface area contributed by atoms with E-state index in [9.17, 15) is 4.79 Å². The maximum absolute atomic E-state index is 12.1. The predicted molar refractivity (Wildman–Crippen MR) is 95.3 cm³/mol. The number of carbonyl (C=O) groups excluding carboxylic acids is 1. The van der Waals surface area contributed by atoms with Crippen molar-refractivity contribution in [1.29, 1.82) is 0 Å². The monoisotopic (exact) mass is 322 g/mol. The van der Waals surface area contributed by atoms with Gasteiger partial charge in [0.2, 0.25) is 0 Å². The molecule has 0 radical (unpaired) electrons. The first-order valence-electron chi connectivity index (χ1n) is 8.94. The molecule has 1 aliphatic carbocycles. The van der Waals surface area contributed by atoms with Gasteiger partial charge in [0.15, 0.2) is 0 Å². The summed E-state index contributed by atoms with van der Waals surface area (Å²) in [5, 5.41) is 8.69. The van der Waals surface area contributed by atoms with Gasteiger partial charge in [-0.2, -0.15) is 0 Å². The SMILES string of the molecule is COCC(C)(C)CC=C[C@H]1CCC(=O)[C@@H]1CCCCC=CCO. The Kier molecular flexibility index (Phi) is 9.42. The zero-order valence-corrected chi connectivity index (χ0v) is 15.1. The van der Waals surface area contributed by atoms with Crippen LogP contribution < -0.4 is 0 Å².